The van der Waals surface area contributed by atoms with E-state index in [1.54, 1.807) is 30.3 Å². The number of amides is 2. The fourth-order valence-electron chi connectivity index (χ4n) is 3.42. The summed E-state index contributed by atoms with van der Waals surface area (Å²) in [6, 6.07) is 20.2. The Labute approximate surface area is 205 Å². The molecule has 4 rings (SSSR count). The Hall–Kier alpha value is -4.24. The number of Topliss-reactive ketones (excluding diaryl/α,β-unsaturated/α-hetero) is 1. The molecule has 0 aliphatic carbocycles. The van der Waals surface area contributed by atoms with Gasteiger partial charge in [-0.1, -0.05) is 42.0 Å². The number of nitro groups is 1. The number of ether oxygens (including phenoxy) is 1. The normalized spacial score (nSPS) is 14.4. The van der Waals surface area contributed by atoms with E-state index in [-0.39, 0.29) is 16.2 Å². The smallest absolute Gasteiger partial charge is 0.293 e. The number of nitrogens with zero attached hydrogens (tertiary/aromatic N) is 2. The van der Waals surface area contributed by atoms with Crippen molar-refractivity contribution in [2.45, 2.75) is 13.5 Å². The lowest BCUT2D eigenvalue weighted by atomic mass is 10.1. The Morgan fingerprint density at radius 1 is 1.06 bits per heavy atom. The lowest BCUT2D eigenvalue weighted by Crippen LogP contribution is -2.33. The molecular weight excluding hydrogens is 468 g/mol. The minimum Gasteiger partial charge on any atom is -0.489 e. The SMILES string of the molecule is Cc1cccc(COc2ccc(/C=C3/SC(=O)N(CC(=O)c4ccc([N+](=O)[O-])cc4)C3=O)cc2)c1. The first-order chi connectivity index (χ1) is 16.8. The van der Waals surface area contributed by atoms with Crippen LogP contribution in [0.3, 0.4) is 0 Å². The molecule has 8 nitrogen and oxygen atoms in total. The van der Waals surface area contributed by atoms with Crippen molar-refractivity contribution in [3.63, 3.8) is 0 Å². The molecule has 0 unspecified atom stereocenters. The summed E-state index contributed by atoms with van der Waals surface area (Å²) in [5.74, 6) is -0.376. The molecule has 1 fully saturated rings. The molecular formula is C26H20N2O6S. The number of ketones is 1. The summed E-state index contributed by atoms with van der Waals surface area (Å²) in [4.78, 5) is 48.9. The molecule has 1 aliphatic heterocycles. The van der Waals surface area contributed by atoms with Crippen LogP contribution in [0.4, 0.5) is 10.5 Å². The highest BCUT2D eigenvalue weighted by atomic mass is 32.2. The van der Waals surface area contributed by atoms with Gasteiger partial charge in [-0.25, -0.2) is 0 Å². The Bertz CT molecular complexity index is 1330. The second-order valence-electron chi connectivity index (χ2n) is 7.84. The van der Waals surface area contributed by atoms with Crippen LogP contribution in [-0.2, 0) is 11.4 Å². The molecule has 9 heteroatoms. The quantitative estimate of drug-likeness (QED) is 0.181. The third kappa shape index (κ3) is 5.82. The summed E-state index contributed by atoms with van der Waals surface area (Å²) in [7, 11) is 0. The number of hydrogen-bond donors (Lipinski definition) is 0. The van der Waals surface area contributed by atoms with Crippen LogP contribution in [0.15, 0.2) is 77.7 Å². The van der Waals surface area contributed by atoms with Crippen molar-refractivity contribution in [2.75, 3.05) is 6.54 Å². The lowest BCUT2D eigenvalue weighted by molar-refractivity contribution is -0.384. The number of carbonyl (C=O) groups is 3. The molecule has 3 aromatic rings. The van der Waals surface area contributed by atoms with Gasteiger partial charge in [0.05, 0.1) is 16.4 Å². The molecule has 35 heavy (non-hydrogen) atoms. The van der Waals surface area contributed by atoms with E-state index >= 15 is 0 Å². The Balaban J connectivity index is 1.38. The first-order valence-electron chi connectivity index (χ1n) is 10.6. The summed E-state index contributed by atoms with van der Waals surface area (Å²) in [5.41, 5.74) is 2.96. The number of nitro benzene ring substituents is 1. The number of hydrogen-bond acceptors (Lipinski definition) is 7. The van der Waals surface area contributed by atoms with E-state index in [0.29, 0.717) is 17.9 Å². The molecule has 0 aromatic heterocycles. The molecule has 176 valence electrons. The number of carbonyl (C=O) groups excluding carboxylic acids is 3. The van der Waals surface area contributed by atoms with E-state index in [4.69, 9.17) is 4.74 Å². The van der Waals surface area contributed by atoms with E-state index in [2.05, 4.69) is 6.07 Å². The van der Waals surface area contributed by atoms with Gasteiger partial charge >= 0.3 is 0 Å². The number of aryl methyl sites for hydroxylation is 1. The maximum atomic E-state index is 12.7. The van der Waals surface area contributed by atoms with Crippen molar-refractivity contribution in [2.24, 2.45) is 0 Å². The summed E-state index contributed by atoms with van der Waals surface area (Å²) in [6.07, 6.45) is 1.59. The molecule has 1 heterocycles. The van der Waals surface area contributed by atoms with Gasteiger partial charge in [-0.3, -0.25) is 29.4 Å². The van der Waals surface area contributed by atoms with Gasteiger partial charge in [0, 0.05) is 17.7 Å². The van der Waals surface area contributed by atoms with Crippen LogP contribution in [0.5, 0.6) is 5.75 Å². The van der Waals surface area contributed by atoms with Crippen LogP contribution in [-0.4, -0.2) is 33.3 Å². The van der Waals surface area contributed by atoms with E-state index in [9.17, 15) is 24.5 Å². The first kappa shape index (κ1) is 23.9. The molecule has 3 aromatic carbocycles. The van der Waals surface area contributed by atoms with Crippen LogP contribution in [0.25, 0.3) is 6.08 Å². The van der Waals surface area contributed by atoms with Crippen molar-refractivity contribution >= 4 is 40.5 Å². The topological polar surface area (TPSA) is 107 Å². The molecule has 0 spiro atoms. The summed E-state index contributed by atoms with van der Waals surface area (Å²) in [6.45, 7) is 2.01. The van der Waals surface area contributed by atoms with Crippen molar-refractivity contribution in [1.29, 1.82) is 0 Å². The molecule has 0 atom stereocenters. The van der Waals surface area contributed by atoms with Gasteiger partial charge in [0.15, 0.2) is 5.78 Å². The van der Waals surface area contributed by atoms with Gasteiger partial charge in [-0.2, -0.15) is 0 Å². The first-order valence-corrected chi connectivity index (χ1v) is 11.4. The monoisotopic (exact) mass is 488 g/mol. The van der Waals surface area contributed by atoms with Crippen LogP contribution in [0.2, 0.25) is 0 Å². The van der Waals surface area contributed by atoms with Crippen LogP contribution in [0, 0.1) is 17.0 Å². The van der Waals surface area contributed by atoms with Crippen molar-refractivity contribution in [3.8, 4) is 5.75 Å². The molecule has 1 saturated heterocycles. The number of thioether (sulfide) groups is 1. The fraction of sp³-hybridized carbons (Fsp3) is 0.115. The molecule has 0 N–H and O–H groups in total. The predicted molar refractivity (Wildman–Crippen MR) is 132 cm³/mol. The van der Waals surface area contributed by atoms with Crippen LogP contribution in [0.1, 0.15) is 27.0 Å². The highest BCUT2D eigenvalue weighted by Gasteiger charge is 2.36. The van der Waals surface area contributed by atoms with Crippen molar-refractivity contribution < 1.29 is 24.0 Å². The Morgan fingerprint density at radius 3 is 2.43 bits per heavy atom. The second-order valence-corrected chi connectivity index (χ2v) is 8.83. The van der Waals surface area contributed by atoms with Gasteiger partial charge < -0.3 is 4.74 Å². The maximum Gasteiger partial charge on any atom is 0.293 e. The molecule has 2 amide bonds. The van der Waals surface area contributed by atoms with Gasteiger partial charge in [-0.05, 0) is 60.2 Å². The maximum absolute atomic E-state index is 12.7. The largest absolute Gasteiger partial charge is 0.489 e. The fourth-order valence-corrected chi connectivity index (χ4v) is 4.26. The third-order valence-corrected chi connectivity index (χ3v) is 6.15. The minimum atomic E-state index is -0.571. The van der Waals surface area contributed by atoms with E-state index in [0.717, 1.165) is 27.8 Å². The molecule has 0 radical (unpaired) electrons. The predicted octanol–water partition coefficient (Wildman–Crippen LogP) is 5.40. The molecule has 0 saturated carbocycles. The zero-order valence-electron chi connectivity index (χ0n) is 18.7. The standard InChI is InChI=1S/C26H20N2O6S/c1-17-3-2-4-19(13-17)16-34-22-11-5-18(6-12-22)14-24-25(30)27(26(31)35-24)15-23(29)20-7-9-21(10-8-20)28(32)33/h2-14H,15-16H2,1H3/b24-14+. The zero-order valence-corrected chi connectivity index (χ0v) is 19.5. The highest BCUT2D eigenvalue weighted by molar-refractivity contribution is 8.18. The third-order valence-electron chi connectivity index (χ3n) is 5.24. The van der Waals surface area contributed by atoms with E-state index < -0.39 is 28.4 Å². The lowest BCUT2D eigenvalue weighted by Gasteiger charge is -2.11. The average molecular weight is 489 g/mol. The number of imide groups is 1. The van der Waals surface area contributed by atoms with Crippen LogP contribution >= 0.6 is 11.8 Å². The number of non-ortho nitro benzene ring substituents is 1. The van der Waals surface area contributed by atoms with E-state index in [1.165, 1.54) is 24.3 Å². The van der Waals surface area contributed by atoms with Crippen LogP contribution < -0.4 is 4.74 Å². The highest BCUT2D eigenvalue weighted by Crippen LogP contribution is 2.32. The number of rotatable bonds is 8. The average Bonchev–Trinajstić information content (AvgIpc) is 3.11. The second kappa shape index (κ2) is 10.4. The Kier molecular flexibility index (Phi) is 7.07. The summed E-state index contributed by atoms with van der Waals surface area (Å²) in [5, 5.41) is 10.2. The number of benzene rings is 3. The zero-order chi connectivity index (χ0) is 24.9. The molecule has 0 bridgehead atoms. The van der Waals surface area contributed by atoms with E-state index in [1.807, 2.05) is 25.1 Å². The van der Waals surface area contributed by atoms with Gasteiger partial charge in [0.1, 0.15) is 12.4 Å². The minimum absolute atomic E-state index is 0.151. The van der Waals surface area contributed by atoms with Gasteiger partial charge in [0.25, 0.3) is 16.8 Å². The van der Waals surface area contributed by atoms with Gasteiger partial charge in [0.2, 0.25) is 0 Å². The van der Waals surface area contributed by atoms with Gasteiger partial charge in [-0.15, -0.1) is 0 Å². The summed E-state index contributed by atoms with van der Waals surface area (Å²) < 4.78 is 5.80. The Morgan fingerprint density at radius 2 is 1.77 bits per heavy atom. The van der Waals surface area contributed by atoms with Crippen molar-refractivity contribution in [1.82, 2.24) is 4.90 Å². The summed E-state index contributed by atoms with van der Waals surface area (Å²) >= 11 is 0.759. The molecule has 1 aliphatic rings. The van der Waals surface area contributed by atoms with Crippen molar-refractivity contribution in [3.05, 3.63) is 110 Å².